The summed E-state index contributed by atoms with van der Waals surface area (Å²) in [6, 6.07) is 7.53. The molecular weight excluding hydrogens is 226 g/mol. The molecule has 0 radical (unpaired) electrons. The quantitative estimate of drug-likeness (QED) is 0.812. The average Bonchev–Trinajstić information content (AvgIpc) is 2.75. The van der Waals surface area contributed by atoms with Gasteiger partial charge in [0.1, 0.15) is 11.9 Å². The number of halogens is 1. The van der Waals surface area contributed by atoms with Crippen LogP contribution in [0.5, 0.6) is 5.75 Å². The average molecular weight is 238 g/mol. The fraction of sp³-hybridized carbons (Fsp3) is 0.417. The van der Waals surface area contributed by atoms with E-state index in [1.165, 1.54) is 0 Å². The number of ether oxygens (including phenoxy) is 2. The highest BCUT2D eigenvalue weighted by Crippen LogP contribution is 2.27. The van der Waals surface area contributed by atoms with Crippen LogP contribution in [0.2, 0.25) is 5.02 Å². The standard InChI is InChI=1S/C12H12ClNO2/c13-11-7-9(3-5-14)1-2-12(11)16-10-4-6-15-8-10/h1-2,7,10H,3-4,6,8H2. The molecule has 1 heterocycles. The molecule has 1 aliphatic heterocycles. The molecule has 0 spiro atoms. The summed E-state index contributed by atoms with van der Waals surface area (Å²) in [4.78, 5) is 0. The zero-order chi connectivity index (χ0) is 11.4. The Morgan fingerprint density at radius 2 is 2.44 bits per heavy atom. The van der Waals surface area contributed by atoms with Crippen LogP contribution in [0.1, 0.15) is 12.0 Å². The van der Waals surface area contributed by atoms with E-state index in [0.29, 0.717) is 23.8 Å². The van der Waals surface area contributed by atoms with Gasteiger partial charge in [0.05, 0.1) is 30.7 Å². The maximum absolute atomic E-state index is 8.57. The second-order valence-corrected chi connectivity index (χ2v) is 4.11. The van der Waals surface area contributed by atoms with Crippen molar-refractivity contribution in [3.63, 3.8) is 0 Å². The van der Waals surface area contributed by atoms with Crippen molar-refractivity contribution in [3.8, 4) is 11.8 Å². The summed E-state index contributed by atoms with van der Waals surface area (Å²) in [5.74, 6) is 0.666. The predicted molar refractivity (Wildman–Crippen MR) is 60.6 cm³/mol. The normalized spacial score (nSPS) is 19.4. The third kappa shape index (κ3) is 2.66. The minimum absolute atomic E-state index is 0.0966. The van der Waals surface area contributed by atoms with Crippen LogP contribution in [0.15, 0.2) is 18.2 Å². The monoisotopic (exact) mass is 237 g/mol. The SMILES string of the molecule is N#CCc1ccc(OC2CCOC2)c(Cl)c1. The summed E-state index contributed by atoms with van der Waals surface area (Å²) in [5.41, 5.74) is 0.905. The topological polar surface area (TPSA) is 42.2 Å². The first-order valence-corrected chi connectivity index (χ1v) is 5.57. The van der Waals surface area contributed by atoms with E-state index in [2.05, 4.69) is 6.07 Å². The fourth-order valence-corrected chi connectivity index (χ4v) is 1.87. The van der Waals surface area contributed by atoms with Gasteiger partial charge < -0.3 is 9.47 Å². The maximum Gasteiger partial charge on any atom is 0.138 e. The molecule has 2 rings (SSSR count). The van der Waals surface area contributed by atoms with E-state index in [9.17, 15) is 0 Å². The van der Waals surface area contributed by atoms with E-state index < -0.39 is 0 Å². The lowest BCUT2D eigenvalue weighted by Gasteiger charge is -2.13. The van der Waals surface area contributed by atoms with E-state index in [4.69, 9.17) is 26.3 Å². The molecule has 0 N–H and O–H groups in total. The lowest BCUT2D eigenvalue weighted by molar-refractivity contribution is 0.141. The van der Waals surface area contributed by atoms with Gasteiger partial charge in [0.25, 0.3) is 0 Å². The van der Waals surface area contributed by atoms with Gasteiger partial charge in [0, 0.05) is 6.42 Å². The van der Waals surface area contributed by atoms with Gasteiger partial charge in [0.2, 0.25) is 0 Å². The Morgan fingerprint density at radius 1 is 1.56 bits per heavy atom. The highest BCUT2D eigenvalue weighted by molar-refractivity contribution is 6.32. The molecule has 1 atom stereocenters. The first-order chi connectivity index (χ1) is 7.79. The Bertz CT molecular complexity index is 408. The Balaban J connectivity index is 2.07. The number of hydrogen-bond donors (Lipinski definition) is 0. The van der Waals surface area contributed by atoms with Crippen molar-refractivity contribution in [2.24, 2.45) is 0 Å². The molecule has 0 saturated carbocycles. The van der Waals surface area contributed by atoms with Crippen molar-refractivity contribution in [1.29, 1.82) is 5.26 Å². The third-order valence-corrected chi connectivity index (χ3v) is 2.76. The van der Waals surface area contributed by atoms with E-state index in [1.807, 2.05) is 12.1 Å². The number of benzene rings is 1. The molecule has 1 aliphatic rings. The van der Waals surface area contributed by atoms with Crippen LogP contribution in [-0.4, -0.2) is 19.3 Å². The van der Waals surface area contributed by atoms with Crippen LogP contribution in [0.25, 0.3) is 0 Å². The Hall–Kier alpha value is -1.24. The highest BCUT2D eigenvalue weighted by Gasteiger charge is 2.18. The Labute approximate surface area is 99.5 Å². The van der Waals surface area contributed by atoms with E-state index in [1.54, 1.807) is 6.07 Å². The zero-order valence-corrected chi connectivity index (χ0v) is 9.54. The van der Waals surface area contributed by atoms with Crippen molar-refractivity contribution < 1.29 is 9.47 Å². The predicted octanol–water partition coefficient (Wildman–Crippen LogP) is 2.57. The van der Waals surface area contributed by atoms with Gasteiger partial charge in [-0.3, -0.25) is 0 Å². The Kier molecular flexibility index (Phi) is 3.66. The number of hydrogen-bond acceptors (Lipinski definition) is 3. The summed E-state index contributed by atoms with van der Waals surface area (Å²) in [5, 5.41) is 9.12. The second kappa shape index (κ2) is 5.20. The summed E-state index contributed by atoms with van der Waals surface area (Å²) >= 11 is 6.07. The second-order valence-electron chi connectivity index (χ2n) is 3.70. The molecule has 16 heavy (non-hydrogen) atoms. The fourth-order valence-electron chi connectivity index (χ4n) is 1.63. The lowest BCUT2D eigenvalue weighted by Crippen LogP contribution is -2.15. The molecule has 1 fully saturated rings. The summed E-state index contributed by atoms with van der Waals surface area (Å²) in [6.07, 6.45) is 1.36. The van der Waals surface area contributed by atoms with Crippen LogP contribution in [-0.2, 0) is 11.2 Å². The minimum atomic E-state index is 0.0966. The largest absolute Gasteiger partial charge is 0.486 e. The summed E-state index contributed by atoms with van der Waals surface area (Å²) in [7, 11) is 0. The van der Waals surface area contributed by atoms with Crippen molar-refractivity contribution in [3.05, 3.63) is 28.8 Å². The van der Waals surface area contributed by atoms with Crippen LogP contribution >= 0.6 is 11.6 Å². The molecule has 0 aromatic heterocycles. The molecule has 0 aliphatic carbocycles. The smallest absolute Gasteiger partial charge is 0.138 e. The summed E-state index contributed by atoms with van der Waals surface area (Å²) in [6.45, 7) is 1.37. The molecule has 4 heteroatoms. The van der Waals surface area contributed by atoms with E-state index in [0.717, 1.165) is 18.6 Å². The maximum atomic E-state index is 8.57. The van der Waals surface area contributed by atoms with Crippen molar-refractivity contribution in [2.75, 3.05) is 13.2 Å². The Morgan fingerprint density at radius 3 is 3.06 bits per heavy atom. The van der Waals surface area contributed by atoms with Crippen molar-refractivity contribution in [1.82, 2.24) is 0 Å². The molecule has 1 aromatic rings. The van der Waals surface area contributed by atoms with Gasteiger partial charge in [-0.1, -0.05) is 17.7 Å². The molecule has 0 bridgehead atoms. The van der Waals surface area contributed by atoms with Gasteiger partial charge in [0.15, 0.2) is 0 Å². The van der Waals surface area contributed by atoms with Crippen molar-refractivity contribution >= 4 is 11.6 Å². The zero-order valence-electron chi connectivity index (χ0n) is 8.78. The van der Waals surface area contributed by atoms with Crippen LogP contribution in [0.4, 0.5) is 0 Å². The molecule has 84 valence electrons. The number of nitrogens with zero attached hydrogens (tertiary/aromatic N) is 1. The first-order valence-electron chi connectivity index (χ1n) is 5.19. The molecule has 3 nitrogen and oxygen atoms in total. The summed E-state index contributed by atoms with van der Waals surface area (Å²) < 4.78 is 10.9. The minimum Gasteiger partial charge on any atom is -0.486 e. The lowest BCUT2D eigenvalue weighted by atomic mass is 10.1. The first kappa shape index (κ1) is 11.3. The van der Waals surface area contributed by atoms with Gasteiger partial charge in [-0.15, -0.1) is 0 Å². The molecule has 1 unspecified atom stereocenters. The van der Waals surface area contributed by atoms with Crippen LogP contribution in [0.3, 0.4) is 0 Å². The molecule has 0 amide bonds. The molecule has 1 aromatic carbocycles. The van der Waals surface area contributed by atoms with E-state index in [-0.39, 0.29) is 6.10 Å². The number of nitriles is 1. The molecular formula is C12H12ClNO2. The highest BCUT2D eigenvalue weighted by atomic mass is 35.5. The molecule has 1 saturated heterocycles. The van der Waals surface area contributed by atoms with Crippen LogP contribution in [0, 0.1) is 11.3 Å². The number of rotatable bonds is 3. The van der Waals surface area contributed by atoms with Crippen LogP contribution < -0.4 is 4.74 Å². The van der Waals surface area contributed by atoms with Gasteiger partial charge in [-0.2, -0.15) is 5.26 Å². The van der Waals surface area contributed by atoms with E-state index >= 15 is 0 Å². The van der Waals surface area contributed by atoms with Gasteiger partial charge in [-0.05, 0) is 17.7 Å². The van der Waals surface area contributed by atoms with Gasteiger partial charge in [-0.25, -0.2) is 0 Å². The van der Waals surface area contributed by atoms with Gasteiger partial charge >= 0.3 is 0 Å². The van der Waals surface area contributed by atoms with Crippen molar-refractivity contribution in [2.45, 2.75) is 18.9 Å². The third-order valence-electron chi connectivity index (χ3n) is 2.46.